The summed E-state index contributed by atoms with van der Waals surface area (Å²) in [4.78, 5) is 4.92. The SMILES string of the molecule is Cn1c(-c2ccccc2O)nc2c3ccccc3c3ccccc3c21. The van der Waals surface area contributed by atoms with Crippen LogP contribution in [0.3, 0.4) is 0 Å². The van der Waals surface area contributed by atoms with Crippen molar-refractivity contribution in [3.8, 4) is 17.1 Å². The number of aryl methyl sites for hydroxylation is 1. The van der Waals surface area contributed by atoms with Crippen molar-refractivity contribution >= 4 is 32.6 Å². The predicted octanol–water partition coefficient (Wildman–Crippen LogP) is 5.25. The van der Waals surface area contributed by atoms with Gasteiger partial charge in [0.15, 0.2) is 0 Å². The molecule has 1 heterocycles. The lowest BCUT2D eigenvalue weighted by atomic mass is 10.00. The van der Waals surface area contributed by atoms with Crippen molar-refractivity contribution < 1.29 is 5.11 Å². The van der Waals surface area contributed by atoms with Crippen LogP contribution >= 0.6 is 0 Å². The number of rotatable bonds is 1. The van der Waals surface area contributed by atoms with E-state index in [2.05, 4.69) is 47.0 Å². The molecule has 1 N–H and O–H groups in total. The van der Waals surface area contributed by atoms with Gasteiger partial charge in [0.25, 0.3) is 0 Å². The van der Waals surface area contributed by atoms with Crippen LogP contribution in [-0.4, -0.2) is 14.7 Å². The molecule has 0 saturated heterocycles. The molecule has 0 fully saturated rings. The third-order valence-electron chi connectivity index (χ3n) is 4.89. The molecule has 0 amide bonds. The summed E-state index contributed by atoms with van der Waals surface area (Å²) in [7, 11) is 2.01. The van der Waals surface area contributed by atoms with E-state index in [4.69, 9.17) is 4.98 Å². The summed E-state index contributed by atoms with van der Waals surface area (Å²) >= 11 is 0. The summed E-state index contributed by atoms with van der Waals surface area (Å²) < 4.78 is 2.08. The highest BCUT2D eigenvalue weighted by Gasteiger charge is 2.17. The average Bonchev–Trinajstić information content (AvgIpc) is 3.00. The number of nitrogens with zero attached hydrogens (tertiary/aromatic N) is 2. The smallest absolute Gasteiger partial charge is 0.144 e. The van der Waals surface area contributed by atoms with E-state index in [1.54, 1.807) is 6.07 Å². The number of benzene rings is 4. The first kappa shape index (κ1) is 14.1. The molecule has 0 atom stereocenters. The van der Waals surface area contributed by atoms with Gasteiger partial charge in [-0.25, -0.2) is 4.98 Å². The normalized spacial score (nSPS) is 11.6. The number of phenols is 1. The number of aromatic nitrogens is 2. The van der Waals surface area contributed by atoms with E-state index in [0.717, 1.165) is 27.8 Å². The van der Waals surface area contributed by atoms with Gasteiger partial charge in [0.2, 0.25) is 0 Å². The number of imidazole rings is 1. The Balaban J connectivity index is 2.03. The Morgan fingerprint density at radius 3 is 2.00 bits per heavy atom. The van der Waals surface area contributed by atoms with Crippen LogP contribution in [0.15, 0.2) is 72.8 Å². The molecule has 5 aromatic rings. The van der Waals surface area contributed by atoms with Gasteiger partial charge in [-0.05, 0) is 22.9 Å². The summed E-state index contributed by atoms with van der Waals surface area (Å²) in [6.45, 7) is 0. The quantitative estimate of drug-likeness (QED) is 0.428. The van der Waals surface area contributed by atoms with Gasteiger partial charge in [-0.1, -0.05) is 60.7 Å². The third-order valence-corrected chi connectivity index (χ3v) is 4.89. The topological polar surface area (TPSA) is 38.0 Å². The second kappa shape index (κ2) is 5.08. The fourth-order valence-corrected chi connectivity index (χ4v) is 3.75. The molecule has 120 valence electrons. The first-order valence-corrected chi connectivity index (χ1v) is 8.30. The Hall–Kier alpha value is -3.33. The molecule has 0 saturated carbocycles. The molecule has 0 aliphatic carbocycles. The minimum absolute atomic E-state index is 0.245. The lowest BCUT2D eigenvalue weighted by Gasteiger charge is -2.08. The predicted molar refractivity (Wildman–Crippen MR) is 103 cm³/mol. The van der Waals surface area contributed by atoms with Crippen LogP contribution < -0.4 is 0 Å². The van der Waals surface area contributed by atoms with Crippen molar-refractivity contribution in [2.75, 3.05) is 0 Å². The highest BCUT2D eigenvalue weighted by molar-refractivity contribution is 6.23. The summed E-state index contributed by atoms with van der Waals surface area (Å²) in [5, 5.41) is 15.0. The van der Waals surface area contributed by atoms with Crippen LogP contribution in [0.4, 0.5) is 0 Å². The Morgan fingerprint density at radius 1 is 0.720 bits per heavy atom. The lowest BCUT2D eigenvalue weighted by molar-refractivity contribution is 0.476. The van der Waals surface area contributed by atoms with Crippen molar-refractivity contribution in [1.82, 2.24) is 9.55 Å². The molecule has 4 aromatic carbocycles. The molecule has 3 heteroatoms. The zero-order chi connectivity index (χ0) is 17.0. The summed E-state index contributed by atoms with van der Waals surface area (Å²) in [5.74, 6) is 1.02. The van der Waals surface area contributed by atoms with Crippen molar-refractivity contribution in [3.63, 3.8) is 0 Å². The Kier molecular flexibility index (Phi) is 2.86. The summed E-state index contributed by atoms with van der Waals surface area (Å²) in [6, 6.07) is 24.1. The molecule has 3 nitrogen and oxygen atoms in total. The number of para-hydroxylation sites is 1. The minimum atomic E-state index is 0.245. The number of hydrogen-bond acceptors (Lipinski definition) is 2. The van der Waals surface area contributed by atoms with Crippen LogP contribution in [0.2, 0.25) is 0 Å². The van der Waals surface area contributed by atoms with Crippen LogP contribution in [0.25, 0.3) is 44.0 Å². The van der Waals surface area contributed by atoms with Gasteiger partial charge in [-0.15, -0.1) is 0 Å². The molecule has 0 spiro atoms. The molecule has 0 radical (unpaired) electrons. The molecule has 0 unspecified atom stereocenters. The zero-order valence-corrected chi connectivity index (χ0v) is 13.8. The maximum Gasteiger partial charge on any atom is 0.144 e. The van der Waals surface area contributed by atoms with E-state index in [0.29, 0.717) is 0 Å². The van der Waals surface area contributed by atoms with Gasteiger partial charge < -0.3 is 9.67 Å². The van der Waals surface area contributed by atoms with Gasteiger partial charge in [0.05, 0.1) is 16.6 Å². The molecule has 0 aliphatic heterocycles. The first-order chi connectivity index (χ1) is 12.3. The number of fused-ring (bicyclic) bond motifs is 6. The molecule has 0 bridgehead atoms. The number of hydrogen-bond donors (Lipinski definition) is 1. The fourth-order valence-electron chi connectivity index (χ4n) is 3.75. The first-order valence-electron chi connectivity index (χ1n) is 8.30. The maximum atomic E-state index is 10.3. The molecular weight excluding hydrogens is 308 g/mol. The Bertz CT molecular complexity index is 1270. The van der Waals surface area contributed by atoms with E-state index in [1.807, 2.05) is 31.3 Å². The van der Waals surface area contributed by atoms with Crippen LogP contribution in [0.1, 0.15) is 0 Å². The molecule has 1 aromatic heterocycles. The van der Waals surface area contributed by atoms with Crippen molar-refractivity contribution in [3.05, 3.63) is 72.8 Å². The number of phenolic OH excluding ortho intramolecular Hbond substituents is 1. The van der Waals surface area contributed by atoms with Crippen molar-refractivity contribution in [2.45, 2.75) is 0 Å². The van der Waals surface area contributed by atoms with Gasteiger partial charge in [0, 0.05) is 17.8 Å². The second-order valence-corrected chi connectivity index (χ2v) is 6.30. The van der Waals surface area contributed by atoms with E-state index in [1.165, 1.54) is 16.2 Å². The van der Waals surface area contributed by atoms with E-state index in [9.17, 15) is 5.11 Å². The molecule has 25 heavy (non-hydrogen) atoms. The second-order valence-electron chi connectivity index (χ2n) is 6.30. The monoisotopic (exact) mass is 324 g/mol. The third kappa shape index (κ3) is 1.89. The minimum Gasteiger partial charge on any atom is -0.507 e. The summed E-state index contributed by atoms with van der Waals surface area (Å²) in [5.41, 5.74) is 2.80. The summed E-state index contributed by atoms with van der Waals surface area (Å²) in [6.07, 6.45) is 0. The average molecular weight is 324 g/mol. The van der Waals surface area contributed by atoms with E-state index in [-0.39, 0.29) is 5.75 Å². The molecule has 5 rings (SSSR count). The van der Waals surface area contributed by atoms with Crippen LogP contribution in [-0.2, 0) is 7.05 Å². The van der Waals surface area contributed by atoms with E-state index >= 15 is 0 Å². The zero-order valence-electron chi connectivity index (χ0n) is 13.8. The number of aromatic hydroxyl groups is 1. The van der Waals surface area contributed by atoms with Crippen molar-refractivity contribution in [1.29, 1.82) is 0 Å². The van der Waals surface area contributed by atoms with E-state index < -0.39 is 0 Å². The standard InChI is InChI=1S/C22H16N2O/c1-24-21-17-11-5-3-9-15(17)14-8-2-4-10-16(14)20(21)23-22(24)18-12-6-7-13-19(18)25/h2-13,25H,1H3. The van der Waals surface area contributed by atoms with Gasteiger partial charge in [0.1, 0.15) is 11.6 Å². The van der Waals surface area contributed by atoms with Crippen LogP contribution in [0, 0.1) is 0 Å². The lowest BCUT2D eigenvalue weighted by Crippen LogP contribution is -1.93. The van der Waals surface area contributed by atoms with Crippen molar-refractivity contribution in [2.24, 2.45) is 7.05 Å². The molecule has 0 aliphatic rings. The van der Waals surface area contributed by atoms with Crippen LogP contribution in [0.5, 0.6) is 5.75 Å². The largest absolute Gasteiger partial charge is 0.507 e. The van der Waals surface area contributed by atoms with Gasteiger partial charge in [-0.2, -0.15) is 0 Å². The highest BCUT2D eigenvalue weighted by Crippen LogP contribution is 2.38. The fraction of sp³-hybridized carbons (Fsp3) is 0.0455. The Morgan fingerprint density at radius 2 is 1.28 bits per heavy atom. The Labute approximate surface area is 144 Å². The van der Waals surface area contributed by atoms with Gasteiger partial charge >= 0.3 is 0 Å². The highest BCUT2D eigenvalue weighted by atomic mass is 16.3. The van der Waals surface area contributed by atoms with Gasteiger partial charge in [-0.3, -0.25) is 0 Å². The maximum absolute atomic E-state index is 10.3. The molecular formula is C22H16N2O.